The van der Waals surface area contributed by atoms with E-state index in [4.69, 9.17) is 22.3 Å². The summed E-state index contributed by atoms with van der Waals surface area (Å²) in [6.07, 6.45) is -1.89. The first-order valence-corrected chi connectivity index (χ1v) is 6.31. The molecule has 84 valence electrons. The van der Waals surface area contributed by atoms with E-state index in [1.54, 1.807) is 0 Å². The van der Waals surface area contributed by atoms with Gasteiger partial charge in [0.25, 0.3) is 15.5 Å². The van der Waals surface area contributed by atoms with Gasteiger partial charge >= 0.3 is 0 Å². The molecule has 1 aromatic rings. The van der Waals surface area contributed by atoms with Crippen LogP contribution in [-0.2, 0) is 9.05 Å². The van der Waals surface area contributed by atoms with E-state index in [0.29, 0.717) is 0 Å². The van der Waals surface area contributed by atoms with Crippen LogP contribution < -0.4 is 0 Å². The van der Waals surface area contributed by atoms with Crippen molar-refractivity contribution in [1.29, 1.82) is 0 Å². The molecule has 0 aliphatic carbocycles. The maximum atomic E-state index is 12.5. The van der Waals surface area contributed by atoms with E-state index in [0.717, 1.165) is 6.20 Å². The Balaban J connectivity index is 3.56. The van der Waals surface area contributed by atoms with E-state index < -0.39 is 31.1 Å². The van der Waals surface area contributed by atoms with Crippen LogP contribution in [-0.4, -0.2) is 13.4 Å². The molecular formula is C7H5Cl2F2NO2S. The lowest BCUT2D eigenvalue weighted by Gasteiger charge is -2.08. The first-order chi connectivity index (χ1) is 6.75. The van der Waals surface area contributed by atoms with Gasteiger partial charge in [0.15, 0.2) is 5.03 Å². The molecule has 0 atom stereocenters. The fourth-order valence-corrected chi connectivity index (χ4v) is 2.56. The van der Waals surface area contributed by atoms with Crippen molar-refractivity contribution in [3.8, 4) is 0 Å². The lowest BCUT2D eigenvalue weighted by molar-refractivity contribution is 0.150. The van der Waals surface area contributed by atoms with Gasteiger partial charge in [-0.1, -0.05) is 11.6 Å². The highest BCUT2D eigenvalue weighted by molar-refractivity contribution is 8.13. The average Bonchev–Trinajstić information content (AvgIpc) is 2.00. The summed E-state index contributed by atoms with van der Waals surface area (Å²) in [7, 11) is 0.763. The van der Waals surface area contributed by atoms with Crippen molar-refractivity contribution in [3.05, 3.63) is 22.3 Å². The fourth-order valence-electron chi connectivity index (χ4n) is 1.01. The molecule has 0 aliphatic rings. The smallest absolute Gasteiger partial charge is 0.242 e. The van der Waals surface area contributed by atoms with Gasteiger partial charge in [0.2, 0.25) is 0 Å². The summed E-state index contributed by atoms with van der Waals surface area (Å²) in [6, 6.07) is 0. The maximum absolute atomic E-state index is 12.5. The van der Waals surface area contributed by atoms with Crippen LogP contribution in [0.5, 0.6) is 0 Å². The summed E-state index contributed by atoms with van der Waals surface area (Å²) in [5.41, 5.74) is -0.454. The van der Waals surface area contributed by atoms with Gasteiger partial charge in [-0.05, 0) is 12.5 Å². The van der Waals surface area contributed by atoms with Gasteiger partial charge in [-0.3, -0.25) is 0 Å². The third-order valence-electron chi connectivity index (χ3n) is 1.67. The van der Waals surface area contributed by atoms with Crippen LogP contribution in [0, 0.1) is 6.92 Å². The third-order valence-corrected chi connectivity index (χ3v) is 3.38. The molecule has 8 heteroatoms. The molecule has 1 rings (SSSR count). The summed E-state index contributed by atoms with van der Waals surface area (Å²) in [5.74, 6) is 0. The summed E-state index contributed by atoms with van der Waals surface area (Å²) in [5, 5.41) is -1.37. The number of nitrogens with zero attached hydrogens (tertiary/aromatic N) is 1. The minimum atomic E-state index is -4.21. The van der Waals surface area contributed by atoms with Gasteiger partial charge in [-0.15, -0.1) is 0 Å². The average molecular weight is 276 g/mol. The summed E-state index contributed by atoms with van der Waals surface area (Å²) < 4.78 is 46.8. The van der Waals surface area contributed by atoms with Crippen molar-refractivity contribution in [1.82, 2.24) is 4.98 Å². The van der Waals surface area contributed by atoms with Gasteiger partial charge in [0, 0.05) is 22.4 Å². The Labute approximate surface area is 94.4 Å². The van der Waals surface area contributed by atoms with Crippen molar-refractivity contribution in [3.63, 3.8) is 0 Å². The monoisotopic (exact) mass is 275 g/mol. The first-order valence-electron chi connectivity index (χ1n) is 3.63. The number of rotatable bonds is 2. The van der Waals surface area contributed by atoms with Crippen molar-refractivity contribution in [2.24, 2.45) is 0 Å². The number of aromatic nitrogens is 1. The number of hydrogen-bond donors (Lipinski definition) is 0. The van der Waals surface area contributed by atoms with Crippen LogP contribution in [0.3, 0.4) is 0 Å². The molecule has 0 N–H and O–H groups in total. The van der Waals surface area contributed by atoms with Crippen molar-refractivity contribution < 1.29 is 17.2 Å². The Morgan fingerprint density at radius 2 is 2.00 bits per heavy atom. The van der Waals surface area contributed by atoms with E-state index in [1.165, 1.54) is 6.92 Å². The van der Waals surface area contributed by atoms with Crippen LogP contribution in [0.4, 0.5) is 8.78 Å². The molecule has 1 aromatic heterocycles. The number of pyridine rings is 1. The van der Waals surface area contributed by atoms with Crippen LogP contribution in [0.1, 0.15) is 17.6 Å². The Hall–Kier alpha value is -0.460. The second-order valence-electron chi connectivity index (χ2n) is 2.71. The first kappa shape index (κ1) is 12.6. The molecule has 0 amide bonds. The predicted octanol–water partition coefficient (Wildman–Crippen LogP) is 2.91. The van der Waals surface area contributed by atoms with Gasteiger partial charge < -0.3 is 0 Å². The molecule has 0 bridgehead atoms. The second kappa shape index (κ2) is 4.19. The van der Waals surface area contributed by atoms with Crippen LogP contribution in [0.15, 0.2) is 11.2 Å². The number of hydrogen-bond acceptors (Lipinski definition) is 3. The zero-order valence-corrected chi connectivity index (χ0v) is 9.67. The topological polar surface area (TPSA) is 47.0 Å². The zero-order valence-electron chi connectivity index (χ0n) is 7.34. The van der Waals surface area contributed by atoms with Gasteiger partial charge in [-0.2, -0.15) is 0 Å². The molecule has 3 nitrogen and oxygen atoms in total. The number of aryl methyl sites for hydroxylation is 1. The van der Waals surface area contributed by atoms with Crippen LogP contribution in [0.2, 0.25) is 5.02 Å². The molecular weight excluding hydrogens is 271 g/mol. The quantitative estimate of drug-likeness (QED) is 0.780. The Kier molecular flexibility index (Phi) is 3.52. The molecule has 15 heavy (non-hydrogen) atoms. The highest BCUT2D eigenvalue weighted by Crippen LogP contribution is 2.34. The molecule has 0 unspecified atom stereocenters. The summed E-state index contributed by atoms with van der Waals surface area (Å²) in [4.78, 5) is 3.41. The van der Waals surface area contributed by atoms with Crippen molar-refractivity contribution >= 4 is 31.3 Å². The van der Waals surface area contributed by atoms with Gasteiger partial charge in [0.05, 0.1) is 5.02 Å². The minimum Gasteiger partial charge on any atom is -0.242 e. The highest BCUT2D eigenvalue weighted by atomic mass is 35.7. The van der Waals surface area contributed by atoms with Crippen LogP contribution >= 0.6 is 22.3 Å². The van der Waals surface area contributed by atoms with Gasteiger partial charge in [0.1, 0.15) is 0 Å². The standard InChI is InChI=1S/C7H5Cl2F2NO2S/c1-3-2-12-7(15(9,13)14)5(8)4(3)6(10)11/h2,6H,1H3. The van der Waals surface area contributed by atoms with E-state index in [-0.39, 0.29) is 5.56 Å². The molecule has 0 radical (unpaired) electrons. The molecule has 0 aliphatic heterocycles. The van der Waals surface area contributed by atoms with Crippen molar-refractivity contribution in [2.45, 2.75) is 18.4 Å². The van der Waals surface area contributed by atoms with Gasteiger partial charge in [-0.25, -0.2) is 22.2 Å². The Bertz CT molecular complexity index is 490. The number of alkyl halides is 2. The molecule has 0 fully saturated rings. The minimum absolute atomic E-state index is 0.110. The molecule has 0 saturated carbocycles. The highest BCUT2D eigenvalue weighted by Gasteiger charge is 2.24. The van der Waals surface area contributed by atoms with E-state index >= 15 is 0 Å². The Morgan fingerprint density at radius 3 is 2.40 bits per heavy atom. The second-order valence-corrected chi connectivity index (χ2v) is 5.57. The molecule has 0 spiro atoms. The summed E-state index contributed by atoms with van der Waals surface area (Å²) in [6.45, 7) is 1.35. The predicted molar refractivity (Wildman–Crippen MR) is 52.0 cm³/mol. The molecule has 1 heterocycles. The third kappa shape index (κ3) is 2.56. The largest absolute Gasteiger partial charge is 0.280 e. The SMILES string of the molecule is Cc1cnc(S(=O)(=O)Cl)c(Cl)c1C(F)F. The van der Waals surface area contributed by atoms with E-state index in [9.17, 15) is 17.2 Å². The van der Waals surface area contributed by atoms with Crippen molar-refractivity contribution in [2.75, 3.05) is 0 Å². The summed E-state index contributed by atoms with van der Waals surface area (Å²) >= 11 is 5.49. The van der Waals surface area contributed by atoms with E-state index in [2.05, 4.69) is 4.98 Å². The van der Waals surface area contributed by atoms with E-state index in [1.807, 2.05) is 0 Å². The maximum Gasteiger partial charge on any atom is 0.280 e. The normalized spacial score (nSPS) is 12.1. The Morgan fingerprint density at radius 1 is 1.47 bits per heavy atom. The lowest BCUT2D eigenvalue weighted by Crippen LogP contribution is -2.02. The number of halogens is 4. The molecule has 0 saturated heterocycles. The van der Waals surface area contributed by atoms with Crippen LogP contribution in [0.25, 0.3) is 0 Å². The fraction of sp³-hybridized carbons (Fsp3) is 0.286. The molecule has 0 aromatic carbocycles. The lowest BCUT2D eigenvalue weighted by atomic mass is 10.2. The zero-order chi connectivity index (χ0) is 11.8.